The van der Waals surface area contributed by atoms with Crippen molar-refractivity contribution >= 4 is 0 Å². The molecule has 0 aromatic heterocycles. The highest BCUT2D eigenvalue weighted by atomic mass is 19.1. The Morgan fingerprint density at radius 3 is 2.92 bits per heavy atom. The first-order valence-corrected chi connectivity index (χ1v) is 4.02. The quantitative estimate of drug-likeness (QED) is 0.575. The Kier molecular flexibility index (Phi) is 1.40. The minimum absolute atomic E-state index is 0.0308. The fraction of sp³-hybridized carbons (Fsp3) is 0.400. The molecule has 0 aliphatic carbocycles. The lowest BCUT2D eigenvalue weighted by molar-refractivity contribution is 0.290. The van der Waals surface area contributed by atoms with E-state index in [1.165, 1.54) is 12.1 Å². The molecule has 1 heterocycles. The number of halogens is 1. The molecule has 0 N–H and O–H groups in total. The van der Waals surface area contributed by atoms with Crippen LogP contribution in [-0.4, -0.2) is 6.61 Å². The molecule has 0 spiro atoms. The van der Waals surface area contributed by atoms with Crippen LogP contribution < -0.4 is 4.74 Å². The van der Waals surface area contributed by atoms with Crippen LogP contribution in [0.5, 0.6) is 5.75 Å². The molecule has 2 rings (SSSR count). The van der Waals surface area contributed by atoms with Crippen molar-refractivity contribution in [1.29, 1.82) is 0 Å². The molecule has 1 aromatic carbocycles. The van der Waals surface area contributed by atoms with Crippen LogP contribution in [0.25, 0.3) is 0 Å². The molecule has 0 radical (unpaired) electrons. The molecule has 0 unspecified atom stereocenters. The summed E-state index contributed by atoms with van der Waals surface area (Å²) in [6.45, 7) is 4.83. The van der Waals surface area contributed by atoms with Gasteiger partial charge in [-0.25, -0.2) is 4.39 Å². The minimum atomic E-state index is -0.230. The first-order valence-electron chi connectivity index (χ1n) is 4.02. The summed E-state index contributed by atoms with van der Waals surface area (Å²) >= 11 is 0. The fourth-order valence-electron chi connectivity index (χ4n) is 1.51. The second-order valence-electron chi connectivity index (χ2n) is 3.81. The molecule has 12 heavy (non-hydrogen) atoms. The lowest BCUT2D eigenvalue weighted by atomic mass is 9.87. The van der Waals surface area contributed by atoms with Gasteiger partial charge in [-0.1, -0.05) is 19.9 Å². The van der Waals surface area contributed by atoms with Gasteiger partial charge in [-0.15, -0.1) is 0 Å². The van der Waals surface area contributed by atoms with Crippen molar-refractivity contribution in [2.75, 3.05) is 6.61 Å². The van der Waals surface area contributed by atoms with E-state index in [0.29, 0.717) is 12.4 Å². The van der Waals surface area contributed by atoms with Crippen molar-refractivity contribution in [2.45, 2.75) is 19.3 Å². The maximum absolute atomic E-state index is 12.7. The summed E-state index contributed by atoms with van der Waals surface area (Å²) in [4.78, 5) is 0. The van der Waals surface area contributed by atoms with E-state index in [9.17, 15) is 4.39 Å². The highest BCUT2D eigenvalue weighted by Crippen LogP contribution is 2.38. The third-order valence-electron chi connectivity index (χ3n) is 2.26. The van der Waals surface area contributed by atoms with Crippen LogP contribution in [0, 0.1) is 5.82 Å². The van der Waals surface area contributed by atoms with Crippen LogP contribution in [0.2, 0.25) is 0 Å². The number of hydrogen-bond acceptors (Lipinski definition) is 1. The summed E-state index contributed by atoms with van der Waals surface area (Å²) in [6.07, 6.45) is 0. The predicted molar refractivity (Wildman–Crippen MR) is 44.9 cm³/mol. The monoisotopic (exact) mass is 166 g/mol. The van der Waals surface area contributed by atoms with Gasteiger partial charge in [-0.3, -0.25) is 0 Å². The first kappa shape index (κ1) is 7.59. The van der Waals surface area contributed by atoms with Gasteiger partial charge in [-0.05, 0) is 6.07 Å². The normalized spacial score (nSPS) is 18.6. The molecule has 2 heteroatoms. The van der Waals surface area contributed by atoms with Crippen LogP contribution in [0.3, 0.4) is 0 Å². The zero-order valence-corrected chi connectivity index (χ0v) is 7.23. The molecule has 1 aliphatic rings. The van der Waals surface area contributed by atoms with Crippen molar-refractivity contribution in [3.05, 3.63) is 29.6 Å². The lowest BCUT2D eigenvalue weighted by Gasteiger charge is -2.14. The maximum atomic E-state index is 12.7. The Labute approximate surface area is 71.2 Å². The van der Waals surface area contributed by atoms with E-state index in [-0.39, 0.29) is 11.2 Å². The maximum Gasteiger partial charge on any atom is 0.126 e. The zero-order valence-electron chi connectivity index (χ0n) is 7.23. The molecule has 1 nitrogen and oxygen atoms in total. The summed E-state index contributed by atoms with van der Waals surface area (Å²) in [5, 5.41) is 0. The van der Waals surface area contributed by atoms with Gasteiger partial charge in [0.25, 0.3) is 0 Å². The van der Waals surface area contributed by atoms with Crippen LogP contribution in [-0.2, 0) is 5.41 Å². The molecule has 0 saturated heterocycles. The summed E-state index contributed by atoms with van der Waals surface area (Å²) in [7, 11) is 0. The Bertz CT molecular complexity index is 318. The van der Waals surface area contributed by atoms with Gasteiger partial charge in [0.05, 0.1) is 6.61 Å². The standard InChI is InChI=1S/C10H11FO/c1-10(2)6-12-9-5-7(11)3-4-8(9)10/h3-5H,6H2,1-2H3. The Morgan fingerprint density at radius 2 is 2.17 bits per heavy atom. The second kappa shape index (κ2) is 2.22. The van der Waals surface area contributed by atoms with E-state index < -0.39 is 0 Å². The van der Waals surface area contributed by atoms with Gasteiger partial charge in [0, 0.05) is 17.0 Å². The molecule has 0 saturated carbocycles. The van der Waals surface area contributed by atoms with Crippen LogP contribution >= 0.6 is 0 Å². The summed E-state index contributed by atoms with van der Waals surface area (Å²) < 4.78 is 18.1. The summed E-state index contributed by atoms with van der Waals surface area (Å²) in [5.74, 6) is 0.464. The third kappa shape index (κ3) is 0.986. The largest absolute Gasteiger partial charge is 0.492 e. The van der Waals surface area contributed by atoms with Crippen molar-refractivity contribution in [3.63, 3.8) is 0 Å². The van der Waals surface area contributed by atoms with Gasteiger partial charge in [-0.2, -0.15) is 0 Å². The van der Waals surface area contributed by atoms with E-state index >= 15 is 0 Å². The molecular weight excluding hydrogens is 155 g/mol. The van der Waals surface area contributed by atoms with Crippen LogP contribution in [0.15, 0.2) is 18.2 Å². The van der Waals surface area contributed by atoms with Gasteiger partial charge in [0.15, 0.2) is 0 Å². The number of hydrogen-bond donors (Lipinski definition) is 0. The molecule has 0 fully saturated rings. The van der Waals surface area contributed by atoms with Crippen molar-refractivity contribution < 1.29 is 9.13 Å². The van der Waals surface area contributed by atoms with Crippen molar-refractivity contribution in [2.24, 2.45) is 0 Å². The molecule has 1 aliphatic heterocycles. The van der Waals surface area contributed by atoms with E-state index in [1.54, 1.807) is 6.07 Å². The smallest absolute Gasteiger partial charge is 0.126 e. The zero-order chi connectivity index (χ0) is 8.77. The predicted octanol–water partition coefficient (Wildman–Crippen LogP) is 2.50. The second-order valence-corrected chi connectivity index (χ2v) is 3.81. The average Bonchev–Trinajstić information content (AvgIpc) is 2.27. The average molecular weight is 166 g/mol. The van der Waals surface area contributed by atoms with E-state index in [2.05, 4.69) is 13.8 Å². The lowest BCUT2D eigenvalue weighted by Crippen LogP contribution is -2.18. The Morgan fingerprint density at radius 1 is 1.42 bits per heavy atom. The van der Waals surface area contributed by atoms with Crippen LogP contribution in [0.4, 0.5) is 4.39 Å². The fourth-order valence-corrected chi connectivity index (χ4v) is 1.51. The number of ether oxygens (including phenoxy) is 1. The number of rotatable bonds is 0. The number of benzene rings is 1. The minimum Gasteiger partial charge on any atom is -0.492 e. The molecule has 1 aromatic rings. The Hall–Kier alpha value is -1.05. The summed E-state index contributed by atoms with van der Waals surface area (Å²) in [6, 6.07) is 4.73. The van der Waals surface area contributed by atoms with Gasteiger partial charge < -0.3 is 4.74 Å². The third-order valence-corrected chi connectivity index (χ3v) is 2.26. The molecular formula is C10H11FO. The van der Waals surface area contributed by atoms with Gasteiger partial charge >= 0.3 is 0 Å². The van der Waals surface area contributed by atoms with Gasteiger partial charge in [0.1, 0.15) is 11.6 Å². The number of fused-ring (bicyclic) bond motifs is 1. The summed E-state index contributed by atoms with van der Waals surface area (Å²) in [5.41, 5.74) is 1.13. The molecule has 0 atom stereocenters. The van der Waals surface area contributed by atoms with E-state index in [4.69, 9.17) is 4.74 Å². The van der Waals surface area contributed by atoms with E-state index in [0.717, 1.165) is 5.56 Å². The van der Waals surface area contributed by atoms with Crippen molar-refractivity contribution in [3.8, 4) is 5.75 Å². The molecule has 64 valence electrons. The molecule has 0 bridgehead atoms. The van der Waals surface area contributed by atoms with Crippen LogP contribution in [0.1, 0.15) is 19.4 Å². The van der Waals surface area contributed by atoms with E-state index in [1.807, 2.05) is 0 Å². The highest BCUT2D eigenvalue weighted by Gasteiger charge is 2.31. The molecule has 0 amide bonds. The van der Waals surface area contributed by atoms with Crippen molar-refractivity contribution in [1.82, 2.24) is 0 Å². The Balaban J connectivity index is 2.55. The highest BCUT2D eigenvalue weighted by molar-refractivity contribution is 5.42. The van der Waals surface area contributed by atoms with Gasteiger partial charge in [0.2, 0.25) is 0 Å². The SMILES string of the molecule is CC1(C)COc2cc(F)ccc21. The first-order chi connectivity index (χ1) is 5.59. The topological polar surface area (TPSA) is 9.23 Å².